The Hall–Kier alpha value is -3.51. The van der Waals surface area contributed by atoms with Crippen molar-refractivity contribution in [1.82, 2.24) is 4.90 Å². The number of aliphatic hydroxyl groups is 1. The van der Waals surface area contributed by atoms with Gasteiger partial charge in [-0.25, -0.2) is 0 Å². The van der Waals surface area contributed by atoms with Gasteiger partial charge in [0.15, 0.2) is 0 Å². The van der Waals surface area contributed by atoms with Crippen LogP contribution in [0, 0.1) is 0 Å². The second kappa shape index (κ2) is 8.70. The van der Waals surface area contributed by atoms with E-state index in [1.165, 1.54) is 18.3 Å². The molecule has 0 aliphatic carbocycles. The molecule has 31 heavy (non-hydrogen) atoms. The zero-order valence-corrected chi connectivity index (χ0v) is 17.5. The van der Waals surface area contributed by atoms with Gasteiger partial charge in [-0.1, -0.05) is 23.7 Å². The van der Waals surface area contributed by atoms with Gasteiger partial charge in [-0.3, -0.25) is 9.59 Å². The van der Waals surface area contributed by atoms with Gasteiger partial charge < -0.3 is 19.2 Å². The maximum Gasteiger partial charge on any atom is 0.295 e. The van der Waals surface area contributed by atoms with E-state index >= 15 is 0 Å². The normalized spacial score (nSPS) is 17.9. The van der Waals surface area contributed by atoms with E-state index < -0.39 is 17.7 Å². The molecule has 158 valence electrons. The van der Waals surface area contributed by atoms with Gasteiger partial charge in [0, 0.05) is 17.1 Å². The summed E-state index contributed by atoms with van der Waals surface area (Å²) in [5.74, 6) is -0.652. The minimum atomic E-state index is -0.815. The van der Waals surface area contributed by atoms with Crippen LogP contribution >= 0.6 is 11.6 Å². The molecule has 0 spiro atoms. The van der Waals surface area contributed by atoms with Crippen molar-refractivity contribution in [2.24, 2.45) is 0 Å². The number of rotatable bonds is 6. The Morgan fingerprint density at radius 2 is 1.81 bits per heavy atom. The van der Waals surface area contributed by atoms with Gasteiger partial charge in [0.1, 0.15) is 23.3 Å². The first-order valence-electron chi connectivity index (χ1n) is 9.70. The number of halogens is 1. The van der Waals surface area contributed by atoms with E-state index in [-0.39, 0.29) is 17.9 Å². The lowest BCUT2D eigenvalue weighted by atomic mass is 9.99. The highest BCUT2D eigenvalue weighted by molar-refractivity contribution is 6.46. The number of ketones is 1. The van der Waals surface area contributed by atoms with Crippen LogP contribution in [0.2, 0.25) is 5.02 Å². The van der Waals surface area contributed by atoms with E-state index in [2.05, 4.69) is 0 Å². The second-order valence-electron chi connectivity index (χ2n) is 7.11. The summed E-state index contributed by atoms with van der Waals surface area (Å²) in [6.07, 6.45) is 1.99. The van der Waals surface area contributed by atoms with Crippen LogP contribution in [0.25, 0.3) is 5.76 Å². The third kappa shape index (κ3) is 4.07. The number of nitrogens with zero attached hydrogens (tertiary/aromatic N) is 1. The minimum Gasteiger partial charge on any atom is -0.507 e. The van der Waals surface area contributed by atoms with E-state index in [0.717, 1.165) is 5.56 Å². The summed E-state index contributed by atoms with van der Waals surface area (Å²) in [7, 11) is 1.54. The minimum absolute atomic E-state index is 0.00113. The summed E-state index contributed by atoms with van der Waals surface area (Å²) < 4.78 is 10.7. The van der Waals surface area contributed by atoms with Gasteiger partial charge in [0.2, 0.25) is 0 Å². The predicted molar refractivity (Wildman–Crippen MR) is 116 cm³/mol. The van der Waals surface area contributed by atoms with Crippen LogP contribution in [-0.2, 0) is 16.0 Å². The van der Waals surface area contributed by atoms with E-state index in [4.69, 9.17) is 20.8 Å². The molecule has 1 aromatic heterocycles. The highest BCUT2D eigenvalue weighted by atomic mass is 35.5. The maximum absolute atomic E-state index is 12.9. The third-order valence-corrected chi connectivity index (χ3v) is 5.52. The molecule has 7 heteroatoms. The summed E-state index contributed by atoms with van der Waals surface area (Å²) in [5.41, 5.74) is 1.38. The molecule has 1 N–H and O–H groups in total. The number of hydrogen-bond donors (Lipinski definition) is 1. The Bertz CT molecular complexity index is 1120. The zero-order chi connectivity index (χ0) is 22.0. The Morgan fingerprint density at radius 3 is 2.42 bits per heavy atom. The molecule has 6 nitrogen and oxygen atoms in total. The molecule has 1 amide bonds. The van der Waals surface area contributed by atoms with Crippen LogP contribution in [-0.4, -0.2) is 35.4 Å². The Kier molecular flexibility index (Phi) is 5.82. The number of Topliss-reactive ketones (excluding diaryl/α,β-unsaturated/α-hetero) is 1. The fourth-order valence-corrected chi connectivity index (χ4v) is 3.78. The third-order valence-electron chi connectivity index (χ3n) is 5.27. The molecule has 2 aromatic carbocycles. The molecule has 4 rings (SSSR count). The summed E-state index contributed by atoms with van der Waals surface area (Å²) >= 11 is 5.94. The standard InChI is InChI=1S/C24H20ClNO5/c1-30-18-10-6-16(7-11-18)22(27)20-21(19-3-2-14-31-19)26(24(29)23(20)28)13-12-15-4-8-17(25)9-5-15/h2-11,14,21,27H,12-13H2,1H3/b22-20-. The molecule has 0 saturated carbocycles. The molecule has 1 unspecified atom stereocenters. The topological polar surface area (TPSA) is 80.0 Å². The van der Waals surface area contributed by atoms with Crippen LogP contribution in [0.15, 0.2) is 76.9 Å². The number of aliphatic hydroxyl groups excluding tert-OH is 1. The number of furan rings is 1. The fraction of sp³-hybridized carbons (Fsp3) is 0.167. The van der Waals surface area contributed by atoms with E-state index in [1.54, 1.807) is 48.5 Å². The van der Waals surface area contributed by atoms with Crippen molar-refractivity contribution in [3.63, 3.8) is 0 Å². The molecule has 1 saturated heterocycles. The molecule has 3 aromatic rings. The SMILES string of the molecule is COc1ccc(/C(O)=C2/C(=O)C(=O)N(CCc3ccc(Cl)cc3)C2c2ccco2)cc1. The van der Waals surface area contributed by atoms with Crippen LogP contribution in [0.4, 0.5) is 0 Å². The van der Waals surface area contributed by atoms with Crippen molar-refractivity contribution in [2.75, 3.05) is 13.7 Å². The van der Waals surface area contributed by atoms with Crippen molar-refractivity contribution in [3.8, 4) is 5.75 Å². The monoisotopic (exact) mass is 437 g/mol. The van der Waals surface area contributed by atoms with E-state index in [0.29, 0.717) is 28.5 Å². The number of benzene rings is 2. The molecule has 1 aliphatic heterocycles. The second-order valence-corrected chi connectivity index (χ2v) is 7.55. The average molecular weight is 438 g/mol. The van der Waals surface area contributed by atoms with Crippen molar-refractivity contribution in [2.45, 2.75) is 12.5 Å². The highest BCUT2D eigenvalue weighted by Gasteiger charge is 2.47. The van der Waals surface area contributed by atoms with Gasteiger partial charge >= 0.3 is 0 Å². The Labute approximate surface area is 184 Å². The molecule has 1 fully saturated rings. The first-order valence-corrected chi connectivity index (χ1v) is 10.1. The average Bonchev–Trinajstić information content (AvgIpc) is 3.40. The molecule has 0 bridgehead atoms. The van der Waals surface area contributed by atoms with Gasteiger partial charge in [-0.2, -0.15) is 0 Å². The van der Waals surface area contributed by atoms with Gasteiger partial charge in [-0.15, -0.1) is 0 Å². The summed E-state index contributed by atoms with van der Waals surface area (Å²) in [6.45, 7) is 0.275. The van der Waals surface area contributed by atoms with Crippen LogP contribution < -0.4 is 4.74 Å². The predicted octanol–water partition coefficient (Wildman–Crippen LogP) is 4.61. The lowest BCUT2D eigenvalue weighted by Crippen LogP contribution is -2.31. The van der Waals surface area contributed by atoms with Gasteiger partial charge in [0.25, 0.3) is 11.7 Å². The van der Waals surface area contributed by atoms with Crippen molar-refractivity contribution in [3.05, 3.63) is 94.4 Å². The molecular weight excluding hydrogens is 418 g/mol. The highest BCUT2D eigenvalue weighted by Crippen LogP contribution is 2.39. The molecule has 1 atom stereocenters. The Balaban J connectivity index is 1.71. The molecule has 2 heterocycles. The molecular formula is C24H20ClNO5. The summed E-state index contributed by atoms with van der Waals surface area (Å²) in [5, 5.41) is 11.6. The summed E-state index contributed by atoms with van der Waals surface area (Å²) in [4.78, 5) is 27.2. The lowest BCUT2D eigenvalue weighted by Gasteiger charge is -2.23. The lowest BCUT2D eigenvalue weighted by molar-refractivity contribution is -0.140. The fourth-order valence-electron chi connectivity index (χ4n) is 3.66. The first kappa shape index (κ1) is 20.8. The quantitative estimate of drug-likeness (QED) is 0.346. The first-order chi connectivity index (χ1) is 15.0. The van der Waals surface area contributed by atoms with Gasteiger partial charge in [-0.05, 0) is 60.5 Å². The number of likely N-dealkylation sites (tertiary alicyclic amines) is 1. The largest absolute Gasteiger partial charge is 0.507 e. The number of methoxy groups -OCH3 is 1. The van der Waals surface area contributed by atoms with Gasteiger partial charge in [0.05, 0.1) is 18.9 Å². The van der Waals surface area contributed by atoms with Crippen LogP contribution in [0.3, 0.4) is 0 Å². The maximum atomic E-state index is 12.9. The number of carbonyl (C=O) groups excluding carboxylic acids is 2. The number of ether oxygens (including phenoxy) is 1. The molecule has 1 aliphatic rings. The summed E-state index contributed by atoms with van der Waals surface area (Å²) in [6, 6.07) is 16.5. The Morgan fingerprint density at radius 1 is 1.10 bits per heavy atom. The van der Waals surface area contributed by atoms with E-state index in [1.807, 2.05) is 12.1 Å². The van der Waals surface area contributed by atoms with Crippen LogP contribution in [0.1, 0.15) is 22.9 Å². The zero-order valence-electron chi connectivity index (χ0n) is 16.7. The smallest absolute Gasteiger partial charge is 0.295 e. The van der Waals surface area contributed by atoms with Crippen molar-refractivity contribution in [1.29, 1.82) is 0 Å². The van der Waals surface area contributed by atoms with Crippen LogP contribution in [0.5, 0.6) is 5.75 Å². The number of carbonyl (C=O) groups is 2. The van der Waals surface area contributed by atoms with E-state index in [9.17, 15) is 14.7 Å². The van der Waals surface area contributed by atoms with Crippen molar-refractivity contribution >= 4 is 29.1 Å². The number of amides is 1. The number of hydrogen-bond acceptors (Lipinski definition) is 5. The van der Waals surface area contributed by atoms with Crippen molar-refractivity contribution < 1.29 is 23.8 Å². The molecule has 0 radical (unpaired) electrons.